The second-order valence-electron chi connectivity index (χ2n) is 5.23. The summed E-state index contributed by atoms with van der Waals surface area (Å²) in [5, 5.41) is 0.459. The zero-order valence-corrected chi connectivity index (χ0v) is 15.4. The summed E-state index contributed by atoms with van der Waals surface area (Å²) in [5.41, 5.74) is 0.0775. The van der Waals surface area contributed by atoms with E-state index in [1.54, 1.807) is 32.3 Å². The summed E-state index contributed by atoms with van der Waals surface area (Å²) in [5.74, 6) is -0.686. The van der Waals surface area contributed by atoms with Gasteiger partial charge in [0, 0.05) is 30.9 Å². The molecular weight excluding hydrogens is 369 g/mol. The molecule has 0 N–H and O–H groups in total. The number of hydrogen-bond donors (Lipinski definition) is 0. The number of rotatable bonds is 5. The summed E-state index contributed by atoms with van der Waals surface area (Å²) >= 11 is 11.9. The van der Waals surface area contributed by atoms with E-state index in [1.807, 2.05) is 0 Å². The minimum absolute atomic E-state index is 0.0385. The van der Waals surface area contributed by atoms with Crippen molar-refractivity contribution in [3.63, 3.8) is 0 Å². The van der Waals surface area contributed by atoms with Crippen molar-refractivity contribution < 1.29 is 13.2 Å². The van der Waals surface area contributed by atoms with Gasteiger partial charge in [-0.2, -0.15) is 0 Å². The standard InChI is InChI=1S/C17H15Cl2NO3S/c1-20(2)11-16(24(22,23)13-6-4-3-5-7-13)17(21)14-9-8-12(18)10-15(14)19/h3-11H,1-2H3/b16-11+. The average molecular weight is 384 g/mol. The summed E-state index contributed by atoms with van der Waals surface area (Å²) in [6, 6.07) is 12.1. The van der Waals surface area contributed by atoms with Gasteiger partial charge in [0.15, 0.2) is 0 Å². The monoisotopic (exact) mass is 383 g/mol. The maximum absolute atomic E-state index is 12.9. The van der Waals surface area contributed by atoms with Crippen LogP contribution in [0.1, 0.15) is 10.4 Å². The van der Waals surface area contributed by atoms with Crippen LogP contribution >= 0.6 is 23.2 Å². The lowest BCUT2D eigenvalue weighted by Crippen LogP contribution is -2.18. The van der Waals surface area contributed by atoms with E-state index in [0.29, 0.717) is 5.02 Å². The van der Waals surface area contributed by atoms with E-state index in [0.717, 1.165) is 0 Å². The van der Waals surface area contributed by atoms with E-state index in [9.17, 15) is 13.2 Å². The predicted octanol–water partition coefficient (Wildman–Crippen LogP) is 4.05. The second kappa shape index (κ2) is 7.38. The van der Waals surface area contributed by atoms with Crippen LogP contribution in [0.15, 0.2) is 64.5 Å². The van der Waals surface area contributed by atoms with Crippen molar-refractivity contribution in [1.82, 2.24) is 4.90 Å². The zero-order chi connectivity index (χ0) is 17.9. The Balaban J connectivity index is 2.60. The van der Waals surface area contributed by atoms with Crippen LogP contribution in [0.2, 0.25) is 10.0 Å². The first-order valence-electron chi connectivity index (χ1n) is 6.91. The van der Waals surface area contributed by atoms with Gasteiger partial charge in [-0.15, -0.1) is 0 Å². The smallest absolute Gasteiger partial charge is 0.211 e. The van der Waals surface area contributed by atoms with Crippen LogP contribution in [0, 0.1) is 0 Å². The number of nitrogens with zero attached hydrogens (tertiary/aromatic N) is 1. The molecule has 0 bridgehead atoms. The SMILES string of the molecule is CN(C)/C=C(\C(=O)c1ccc(Cl)cc1Cl)S(=O)(=O)c1ccccc1. The minimum Gasteiger partial charge on any atom is -0.382 e. The highest BCUT2D eigenvalue weighted by Gasteiger charge is 2.29. The van der Waals surface area contributed by atoms with Crippen molar-refractivity contribution in [3.8, 4) is 0 Å². The molecule has 0 spiro atoms. The largest absolute Gasteiger partial charge is 0.382 e. The Morgan fingerprint density at radius 3 is 2.21 bits per heavy atom. The molecule has 0 saturated carbocycles. The molecule has 2 aromatic carbocycles. The van der Waals surface area contributed by atoms with Crippen molar-refractivity contribution in [2.45, 2.75) is 4.90 Å². The summed E-state index contributed by atoms with van der Waals surface area (Å²) < 4.78 is 25.8. The fraction of sp³-hybridized carbons (Fsp3) is 0.118. The highest BCUT2D eigenvalue weighted by Crippen LogP contribution is 2.28. The van der Waals surface area contributed by atoms with E-state index < -0.39 is 15.6 Å². The van der Waals surface area contributed by atoms with E-state index in [4.69, 9.17) is 23.2 Å². The van der Waals surface area contributed by atoms with Gasteiger partial charge in [0.1, 0.15) is 4.91 Å². The molecule has 0 fully saturated rings. The predicted molar refractivity (Wildman–Crippen MR) is 96.2 cm³/mol. The maximum Gasteiger partial charge on any atom is 0.211 e. The first kappa shape index (κ1) is 18.5. The van der Waals surface area contributed by atoms with Crippen molar-refractivity contribution in [3.05, 3.63) is 75.2 Å². The van der Waals surface area contributed by atoms with Crippen LogP contribution in [0.4, 0.5) is 0 Å². The molecule has 0 aliphatic heterocycles. The third kappa shape index (κ3) is 3.98. The van der Waals surface area contributed by atoms with Gasteiger partial charge < -0.3 is 4.90 Å². The van der Waals surface area contributed by atoms with Crippen LogP contribution in [0.25, 0.3) is 0 Å². The van der Waals surface area contributed by atoms with Crippen molar-refractivity contribution in [1.29, 1.82) is 0 Å². The molecule has 126 valence electrons. The van der Waals surface area contributed by atoms with Crippen LogP contribution < -0.4 is 0 Å². The minimum atomic E-state index is -3.99. The molecule has 24 heavy (non-hydrogen) atoms. The molecule has 4 nitrogen and oxygen atoms in total. The summed E-state index contributed by atoms with van der Waals surface area (Å²) in [4.78, 5) is 14.0. The normalized spacial score (nSPS) is 12.1. The number of Topliss-reactive ketones (excluding diaryl/α,β-unsaturated/α-hetero) is 1. The van der Waals surface area contributed by atoms with Crippen LogP contribution in [-0.4, -0.2) is 33.2 Å². The molecule has 0 saturated heterocycles. The fourth-order valence-electron chi connectivity index (χ4n) is 2.02. The van der Waals surface area contributed by atoms with E-state index >= 15 is 0 Å². The Morgan fingerprint density at radius 1 is 1.04 bits per heavy atom. The molecule has 0 aromatic heterocycles. The second-order valence-corrected chi connectivity index (χ2v) is 7.99. The van der Waals surface area contributed by atoms with Gasteiger partial charge in [0.25, 0.3) is 0 Å². The number of hydrogen-bond acceptors (Lipinski definition) is 4. The lowest BCUT2D eigenvalue weighted by Gasteiger charge is -2.13. The third-order valence-corrected chi connectivity index (χ3v) is 5.43. The quantitative estimate of drug-likeness (QED) is 0.577. The molecule has 7 heteroatoms. The number of sulfone groups is 1. The molecule has 0 atom stereocenters. The zero-order valence-electron chi connectivity index (χ0n) is 13.0. The lowest BCUT2D eigenvalue weighted by molar-refractivity contribution is 0.104. The van der Waals surface area contributed by atoms with Crippen molar-refractivity contribution >= 4 is 38.8 Å². The number of ketones is 1. The van der Waals surface area contributed by atoms with E-state index in [-0.39, 0.29) is 20.4 Å². The Morgan fingerprint density at radius 2 is 1.67 bits per heavy atom. The Hall–Kier alpha value is -1.82. The number of carbonyl (C=O) groups excluding carboxylic acids is 1. The van der Waals surface area contributed by atoms with Gasteiger partial charge in [-0.05, 0) is 30.3 Å². The van der Waals surface area contributed by atoms with Gasteiger partial charge in [-0.3, -0.25) is 4.79 Å². The molecule has 0 aliphatic rings. The molecule has 2 rings (SSSR count). The summed E-state index contributed by atoms with van der Waals surface area (Å²) in [6.07, 6.45) is 1.27. The number of halogens is 2. The molecule has 0 aliphatic carbocycles. The van der Waals surface area contributed by atoms with Gasteiger partial charge in [0.05, 0.1) is 9.92 Å². The highest BCUT2D eigenvalue weighted by molar-refractivity contribution is 7.96. The average Bonchev–Trinajstić information content (AvgIpc) is 2.52. The van der Waals surface area contributed by atoms with Gasteiger partial charge in [-0.1, -0.05) is 41.4 Å². The highest BCUT2D eigenvalue weighted by atomic mass is 35.5. The third-order valence-electron chi connectivity index (χ3n) is 3.12. The molecule has 2 aromatic rings. The first-order valence-corrected chi connectivity index (χ1v) is 9.15. The lowest BCUT2D eigenvalue weighted by atomic mass is 10.1. The van der Waals surface area contributed by atoms with E-state index in [2.05, 4.69) is 0 Å². The van der Waals surface area contributed by atoms with Crippen LogP contribution in [-0.2, 0) is 9.84 Å². The molecule has 0 unspecified atom stereocenters. The fourth-order valence-corrected chi connectivity index (χ4v) is 3.98. The molecule has 0 amide bonds. The van der Waals surface area contributed by atoms with Crippen molar-refractivity contribution in [2.24, 2.45) is 0 Å². The Labute approximate surface area is 151 Å². The van der Waals surface area contributed by atoms with Crippen LogP contribution in [0.5, 0.6) is 0 Å². The molecule has 0 radical (unpaired) electrons. The summed E-state index contributed by atoms with van der Waals surface area (Å²) in [6.45, 7) is 0. The summed E-state index contributed by atoms with van der Waals surface area (Å²) in [7, 11) is -0.720. The Bertz CT molecular complexity index is 891. The molecule has 0 heterocycles. The van der Waals surface area contributed by atoms with Crippen molar-refractivity contribution in [2.75, 3.05) is 14.1 Å². The molecular formula is C17H15Cl2NO3S. The van der Waals surface area contributed by atoms with Gasteiger partial charge in [-0.25, -0.2) is 8.42 Å². The number of carbonyl (C=O) groups is 1. The first-order chi connectivity index (χ1) is 11.2. The number of allylic oxidation sites excluding steroid dienone is 1. The topological polar surface area (TPSA) is 54.5 Å². The Kier molecular flexibility index (Phi) is 5.70. The maximum atomic E-state index is 12.9. The van der Waals surface area contributed by atoms with Gasteiger partial charge in [0.2, 0.25) is 15.6 Å². The van der Waals surface area contributed by atoms with E-state index in [1.165, 1.54) is 41.4 Å². The van der Waals surface area contributed by atoms with Gasteiger partial charge >= 0.3 is 0 Å². The number of benzene rings is 2. The van der Waals surface area contributed by atoms with Crippen LogP contribution in [0.3, 0.4) is 0 Å².